The number of nitrogens with one attached hydrogen (secondary N) is 1. The van der Waals surface area contributed by atoms with Crippen molar-refractivity contribution < 1.29 is 14.3 Å². The van der Waals surface area contributed by atoms with Gasteiger partial charge in [0.05, 0.1) is 0 Å². The second-order valence-electron chi connectivity index (χ2n) is 4.55. The van der Waals surface area contributed by atoms with Crippen molar-refractivity contribution in [1.29, 1.82) is 0 Å². The van der Waals surface area contributed by atoms with Crippen LogP contribution in [-0.2, 0) is 11.2 Å². The molecule has 0 aliphatic carbocycles. The molecule has 0 saturated heterocycles. The second-order valence-corrected chi connectivity index (χ2v) is 5.39. The fraction of sp³-hybridized carbons (Fsp3) is 0.286. The monoisotopic (exact) mass is 320 g/mol. The van der Waals surface area contributed by atoms with Crippen molar-refractivity contribution in [2.75, 3.05) is 5.32 Å². The molecule has 1 unspecified atom stereocenters. The van der Waals surface area contributed by atoms with Crippen LogP contribution in [0.1, 0.15) is 29.2 Å². The summed E-state index contributed by atoms with van der Waals surface area (Å²) in [4.78, 5) is 27.6. The molecule has 1 aromatic carbocycles. The normalized spacial score (nSPS) is 11.8. The summed E-state index contributed by atoms with van der Waals surface area (Å²) in [6.07, 6.45) is 0.771. The van der Waals surface area contributed by atoms with Gasteiger partial charge in [-0.2, -0.15) is 4.37 Å². The van der Waals surface area contributed by atoms with Crippen LogP contribution in [0.2, 0.25) is 0 Å². The van der Waals surface area contributed by atoms with Crippen LogP contribution >= 0.6 is 11.5 Å². The van der Waals surface area contributed by atoms with Crippen LogP contribution in [0.25, 0.3) is 0 Å². The van der Waals surface area contributed by atoms with Gasteiger partial charge in [0.2, 0.25) is 5.95 Å². The van der Waals surface area contributed by atoms with E-state index < -0.39 is 12.0 Å². The number of nitrogens with zero attached hydrogens (tertiary/aromatic N) is 2. The number of anilines is 1. The summed E-state index contributed by atoms with van der Waals surface area (Å²) >= 11 is 1.25. The maximum atomic E-state index is 12.0. The number of esters is 1. The van der Waals surface area contributed by atoms with E-state index in [9.17, 15) is 9.59 Å². The standard InChI is InChI=1S/C14H16N4O3S/c1-3-11-16-14(18-22-11)17-12(19)9-4-6-10(7-5-9)21-13(20)8(2)15/h4-8H,3,15H2,1-2H3,(H,17,18,19). The van der Waals surface area contributed by atoms with Gasteiger partial charge in [-0.05, 0) is 49.1 Å². The molecule has 7 nitrogen and oxygen atoms in total. The van der Waals surface area contributed by atoms with Crippen LogP contribution in [0.3, 0.4) is 0 Å². The Labute approximate surface area is 131 Å². The van der Waals surface area contributed by atoms with Gasteiger partial charge in [-0.1, -0.05) is 6.92 Å². The van der Waals surface area contributed by atoms with Gasteiger partial charge in [0.25, 0.3) is 5.91 Å². The number of benzene rings is 1. The van der Waals surface area contributed by atoms with Crippen LogP contribution in [0.15, 0.2) is 24.3 Å². The average Bonchev–Trinajstić information content (AvgIpc) is 2.95. The molecule has 0 bridgehead atoms. The molecule has 0 spiro atoms. The van der Waals surface area contributed by atoms with Gasteiger partial charge < -0.3 is 10.5 Å². The van der Waals surface area contributed by atoms with E-state index >= 15 is 0 Å². The zero-order valence-corrected chi connectivity index (χ0v) is 13.0. The van der Waals surface area contributed by atoms with Crippen LogP contribution in [0, 0.1) is 0 Å². The molecule has 22 heavy (non-hydrogen) atoms. The molecule has 1 aromatic heterocycles. The Morgan fingerprint density at radius 2 is 2.05 bits per heavy atom. The van der Waals surface area contributed by atoms with Gasteiger partial charge in [-0.3, -0.25) is 10.1 Å². The topological polar surface area (TPSA) is 107 Å². The second kappa shape index (κ2) is 7.10. The third kappa shape index (κ3) is 4.09. The molecule has 0 saturated carbocycles. The Hall–Kier alpha value is -2.32. The molecule has 1 atom stereocenters. The summed E-state index contributed by atoms with van der Waals surface area (Å²) < 4.78 is 9.07. The fourth-order valence-electron chi connectivity index (χ4n) is 1.51. The van der Waals surface area contributed by atoms with Gasteiger partial charge in [0.1, 0.15) is 16.8 Å². The number of aromatic nitrogens is 2. The van der Waals surface area contributed by atoms with Crippen molar-refractivity contribution in [3.63, 3.8) is 0 Å². The summed E-state index contributed by atoms with van der Waals surface area (Å²) in [6.45, 7) is 3.50. The van der Waals surface area contributed by atoms with Gasteiger partial charge in [0, 0.05) is 5.56 Å². The average molecular weight is 320 g/mol. The molecule has 8 heteroatoms. The molecule has 1 amide bonds. The van der Waals surface area contributed by atoms with E-state index in [2.05, 4.69) is 14.7 Å². The number of hydrogen-bond donors (Lipinski definition) is 2. The highest BCUT2D eigenvalue weighted by molar-refractivity contribution is 7.05. The maximum Gasteiger partial charge on any atom is 0.328 e. The first kappa shape index (κ1) is 16.1. The predicted molar refractivity (Wildman–Crippen MR) is 83.0 cm³/mol. The van der Waals surface area contributed by atoms with Crippen LogP contribution < -0.4 is 15.8 Å². The minimum absolute atomic E-state index is 0.291. The lowest BCUT2D eigenvalue weighted by Crippen LogP contribution is -2.30. The summed E-state index contributed by atoms with van der Waals surface area (Å²) in [6, 6.07) is 5.45. The summed E-state index contributed by atoms with van der Waals surface area (Å²) in [5, 5.41) is 3.47. The van der Waals surface area contributed by atoms with Crippen molar-refractivity contribution in [1.82, 2.24) is 9.36 Å². The van der Waals surface area contributed by atoms with E-state index in [-0.39, 0.29) is 5.91 Å². The molecule has 1 heterocycles. The van der Waals surface area contributed by atoms with Crippen molar-refractivity contribution in [2.24, 2.45) is 5.73 Å². The van der Waals surface area contributed by atoms with E-state index in [1.54, 1.807) is 12.1 Å². The zero-order chi connectivity index (χ0) is 16.1. The third-order valence-corrected chi connectivity index (χ3v) is 3.56. The molecule has 116 valence electrons. The van der Waals surface area contributed by atoms with Crippen molar-refractivity contribution in [3.8, 4) is 5.75 Å². The molecule has 2 aromatic rings. The lowest BCUT2D eigenvalue weighted by Gasteiger charge is -2.07. The molecule has 0 fully saturated rings. The highest BCUT2D eigenvalue weighted by Gasteiger charge is 2.12. The lowest BCUT2D eigenvalue weighted by molar-refractivity contribution is -0.135. The van der Waals surface area contributed by atoms with Gasteiger partial charge >= 0.3 is 5.97 Å². The van der Waals surface area contributed by atoms with Crippen LogP contribution in [-0.4, -0.2) is 27.3 Å². The van der Waals surface area contributed by atoms with E-state index in [0.29, 0.717) is 17.3 Å². The minimum Gasteiger partial charge on any atom is -0.425 e. The summed E-state index contributed by atoms with van der Waals surface area (Å²) in [7, 11) is 0. The SMILES string of the molecule is CCc1nc(NC(=O)c2ccc(OC(=O)C(C)N)cc2)ns1. The Morgan fingerprint density at radius 3 is 2.59 bits per heavy atom. The minimum atomic E-state index is -0.702. The number of ether oxygens (including phenoxy) is 1. The Morgan fingerprint density at radius 1 is 1.36 bits per heavy atom. The van der Waals surface area contributed by atoms with Crippen LogP contribution in [0.5, 0.6) is 5.75 Å². The molecule has 0 radical (unpaired) electrons. The first-order valence-corrected chi connectivity index (χ1v) is 7.48. The number of nitrogens with two attached hydrogens (primary N) is 1. The number of amides is 1. The molecule has 0 aliphatic rings. The molecular formula is C14H16N4O3S. The van der Waals surface area contributed by atoms with Crippen molar-refractivity contribution in [3.05, 3.63) is 34.8 Å². The van der Waals surface area contributed by atoms with Gasteiger partial charge in [-0.25, -0.2) is 9.78 Å². The number of carbonyl (C=O) groups excluding carboxylic acids is 2. The van der Waals surface area contributed by atoms with E-state index in [1.165, 1.54) is 30.6 Å². The molecule has 2 rings (SSSR count). The largest absolute Gasteiger partial charge is 0.425 e. The van der Waals surface area contributed by atoms with E-state index in [0.717, 1.165) is 11.4 Å². The summed E-state index contributed by atoms with van der Waals surface area (Å²) in [5.41, 5.74) is 5.82. The zero-order valence-electron chi connectivity index (χ0n) is 12.2. The number of aryl methyl sites for hydroxylation is 1. The van der Waals surface area contributed by atoms with Crippen molar-refractivity contribution >= 4 is 29.4 Å². The Kier molecular flexibility index (Phi) is 5.18. The van der Waals surface area contributed by atoms with Gasteiger partial charge in [-0.15, -0.1) is 0 Å². The molecular weight excluding hydrogens is 304 g/mol. The van der Waals surface area contributed by atoms with E-state index in [4.69, 9.17) is 10.5 Å². The Bertz CT molecular complexity index is 667. The molecule has 0 aliphatic heterocycles. The smallest absolute Gasteiger partial charge is 0.328 e. The van der Waals surface area contributed by atoms with Crippen molar-refractivity contribution in [2.45, 2.75) is 26.3 Å². The third-order valence-electron chi connectivity index (χ3n) is 2.70. The quantitative estimate of drug-likeness (QED) is 0.640. The first-order valence-electron chi connectivity index (χ1n) is 6.71. The number of rotatable bonds is 5. The predicted octanol–water partition coefficient (Wildman–Crippen LogP) is 1.61. The van der Waals surface area contributed by atoms with Crippen LogP contribution in [0.4, 0.5) is 5.95 Å². The van der Waals surface area contributed by atoms with E-state index in [1.807, 2.05) is 6.92 Å². The summed E-state index contributed by atoms with van der Waals surface area (Å²) in [5.74, 6) is -0.236. The molecule has 3 N–H and O–H groups in total. The van der Waals surface area contributed by atoms with Gasteiger partial charge in [0.15, 0.2) is 0 Å². The lowest BCUT2D eigenvalue weighted by atomic mass is 10.2. The Balaban J connectivity index is 2.00. The maximum absolute atomic E-state index is 12.0. The number of carbonyl (C=O) groups is 2. The number of hydrogen-bond acceptors (Lipinski definition) is 7. The fourth-order valence-corrected chi connectivity index (χ4v) is 2.04. The highest BCUT2D eigenvalue weighted by Crippen LogP contribution is 2.15. The first-order chi connectivity index (χ1) is 10.5. The highest BCUT2D eigenvalue weighted by atomic mass is 32.1.